The predicted molar refractivity (Wildman–Crippen MR) is 55.0 cm³/mol. The van der Waals surface area contributed by atoms with Gasteiger partial charge < -0.3 is 10.4 Å². The van der Waals surface area contributed by atoms with E-state index in [1.54, 1.807) is 18.3 Å². The highest BCUT2D eigenvalue weighted by molar-refractivity contribution is 7.09. The van der Waals surface area contributed by atoms with Crippen molar-refractivity contribution in [1.29, 1.82) is 0 Å². The Morgan fingerprint density at radius 2 is 2.42 bits per heavy atom. The standard InChI is InChI=1S/C8H13NOS.ClH/c1-7(10)5-9-6-8-3-2-4-11-8;/h2-4,7,9-10H,5-6H2,1H3;1H. The summed E-state index contributed by atoms with van der Waals surface area (Å²) in [6, 6.07) is 4.11. The van der Waals surface area contributed by atoms with E-state index in [1.165, 1.54) is 4.88 Å². The first-order valence-electron chi connectivity index (χ1n) is 3.70. The fourth-order valence-electron chi connectivity index (χ4n) is 0.817. The highest BCUT2D eigenvalue weighted by Crippen LogP contribution is 2.06. The fourth-order valence-corrected chi connectivity index (χ4v) is 1.49. The van der Waals surface area contributed by atoms with E-state index in [4.69, 9.17) is 5.11 Å². The maximum Gasteiger partial charge on any atom is 0.0636 e. The zero-order valence-corrected chi connectivity index (χ0v) is 8.62. The Balaban J connectivity index is 0.00000121. The molecule has 0 fully saturated rings. The Hall–Kier alpha value is -0.0900. The molecule has 4 heteroatoms. The van der Waals surface area contributed by atoms with Gasteiger partial charge in [-0.3, -0.25) is 0 Å². The number of halogens is 1. The quantitative estimate of drug-likeness (QED) is 0.787. The Morgan fingerprint density at radius 1 is 1.67 bits per heavy atom. The molecule has 0 saturated heterocycles. The molecule has 1 aromatic rings. The van der Waals surface area contributed by atoms with Crippen molar-refractivity contribution in [2.24, 2.45) is 0 Å². The van der Waals surface area contributed by atoms with Gasteiger partial charge in [0.2, 0.25) is 0 Å². The van der Waals surface area contributed by atoms with E-state index in [1.807, 2.05) is 6.07 Å². The third-order valence-corrected chi connectivity index (χ3v) is 2.20. The summed E-state index contributed by atoms with van der Waals surface area (Å²) in [5.41, 5.74) is 0. The monoisotopic (exact) mass is 207 g/mol. The number of aliphatic hydroxyl groups is 1. The van der Waals surface area contributed by atoms with Gasteiger partial charge in [-0.1, -0.05) is 6.07 Å². The number of rotatable bonds is 4. The molecule has 0 aliphatic carbocycles. The van der Waals surface area contributed by atoms with Gasteiger partial charge in [0.1, 0.15) is 0 Å². The van der Waals surface area contributed by atoms with Crippen LogP contribution < -0.4 is 5.32 Å². The molecule has 0 radical (unpaired) electrons. The molecular weight excluding hydrogens is 194 g/mol. The lowest BCUT2D eigenvalue weighted by molar-refractivity contribution is 0.191. The van der Waals surface area contributed by atoms with Gasteiger partial charge in [0.25, 0.3) is 0 Å². The number of nitrogens with one attached hydrogen (secondary N) is 1. The van der Waals surface area contributed by atoms with Crippen LogP contribution >= 0.6 is 23.7 Å². The van der Waals surface area contributed by atoms with Crippen LogP contribution in [0.1, 0.15) is 11.8 Å². The predicted octanol–water partition coefficient (Wildman–Crippen LogP) is 1.64. The van der Waals surface area contributed by atoms with Crippen molar-refractivity contribution in [2.75, 3.05) is 6.54 Å². The van der Waals surface area contributed by atoms with Crippen molar-refractivity contribution in [3.05, 3.63) is 22.4 Å². The molecule has 1 heterocycles. The largest absolute Gasteiger partial charge is 0.392 e. The second-order valence-corrected chi connectivity index (χ2v) is 3.59. The minimum Gasteiger partial charge on any atom is -0.392 e. The van der Waals surface area contributed by atoms with Crippen LogP contribution in [0.25, 0.3) is 0 Å². The van der Waals surface area contributed by atoms with E-state index in [2.05, 4.69) is 16.8 Å². The molecule has 0 aliphatic heterocycles. The first-order valence-corrected chi connectivity index (χ1v) is 4.58. The first kappa shape index (κ1) is 11.9. The molecule has 12 heavy (non-hydrogen) atoms. The molecule has 1 aromatic heterocycles. The van der Waals surface area contributed by atoms with Gasteiger partial charge in [0.05, 0.1) is 6.10 Å². The van der Waals surface area contributed by atoms with E-state index in [9.17, 15) is 0 Å². The van der Waals surface area contributed by atoms with Gasteiger partial charge in [-0.25, -0.2) is 0 Å². The van der Waals surface area contributed by atoms with Crippen molar-refractivity contribution < 1.29 is 5.11 Å². The summed E-state index contributed by atoms with van der Waals surface area (Å²) in [6.07, 6.45) is -0.255. The van der Waals surface area contributed by atoms with Crippen LogP contribution in [0.3, 0.4) is 0 Å². The van der Waals surface area contributed by atoms with Crippen molar-refractivity contribution in [3.63, 3.8) is 0 Å². The van der Waals surface area contributed by atoms with Crippen molar-refractivity contribution >= 4 is 23.7 Å². The maximum atomic E-state index is 8.92. The average molecular weight is 208 g/mol. The summed E-state index contributed by atoms with van der Waals surface area (Å²) in [4.78, 5) is 1.31. The lowest BCUT2D eigenvalue weighted by atomic mass is 10.4. The third-order valence-electron chi connectivity index (χ3n) is 1.32. The Labute approximate surface area is 83.0 Å². The molecule has 0 aromatic carbocycles. The molecule has 2 nitrogen and oxygen atoms in total. The molecule has 0 saturated carbocycles. The van der Waals surface area contributed by atoms with Gasteiger partial charge >= 0.3 is 0 Å². The van der Waals surface area contributed by atoms with Crippen LogP contribution in [0.5, 0.6) is 0 Å². The molecule has 2 N–H and O–H groups in total. The summed E-state index contributed by atoms with van der Waals surface area (Å²) in [6.45, 7) is 3.31. The highest BCUT2D eigenvalue weighted by atomic mass is 35.5. The number of thiophene rings is 1. The molecule has 0 aliphatic rings. The van der Waals surface area contributed by atoms with E-state index in [0.717, 1.165) is 6.54 Å². The Morgan fingerprint density at radius 3 is 2.92 bits per heavy atom. The van der Waals surface area contributed by atoms with Crippen molar-refractivity contribution in [2.45, 2.75) is 19.6 Å². The zero-order chi connectivity index (χ0) is 8.10. The molecule has 1 atom stereocenters. The minimum atomic E-state index is -0.255. The summed E-state index contributed by atoms with van der Waals surface area (Å²) in [5.74, 6) is 0. The van der Waals surface area contributed by atoms with E-state index >= 15 is 0 Å². The third kappa shape index (κ3) is 4.72. The smallest absolute Gasteiger partial charge is 0.0636 e. The normalized spacial score (nSPS) is 12.2. The van der Waals surface area contributed by atoms with E-state index in [0.29, 0.717) is 6.54 Å². The van der Waals surface area contributed by atoms with Gasteiger partial charge in [0, 0.05) is 18.0 Å². The van der Waals surface area contributed by atoms with Crippen LogP contribution in [0.4, 0.5) is 0 Å². The second kappa shape index (κ2) is 6.43. The van der Waals surface area contributed by atoms with Gasteiger partial charge in [-0.2, -0.15) is 0 Å². The zero-order valence-electron chi connectivity index (χ0n) is 6.99. The average Bonchev–Trinajstić information content (AvgIpc) is 2.39. The van der Waals surface area contributed by atoms with Crippen molar-refractivity contribution in [1.82, 2.24) is 5.32 Å². The molecule has 0 spiro atoms. The van der Waals surface area contributed by atoms with E-state index in [-0.39, 0.29) is 18.5 Å². The van der Waals surface area contributed by atoms with E-state index < -0.39 is 0 Å². The maximum absolute atomic E-state index is 8.92. The topological polar surface area (TPSA) is 32.3 Å². The second-order valence-electron chi connectivity index (χ2n) is 2.56. The molecule has 1 rings (SSSR count). The number of aliphatic hydroxyl groups excluding tert-OH is 1. The number of hydrogen-bond acceptors (Lipinski definition) is 3. The van der Waals surface area contributed by atoms with Gasteiger partial charge in [0.15, 0.2) is 0 Å². The molecular formula is C8H14ClNOS. The fraction of sp³-hybridized carbons (Fsp3) is 0.500. The lowest BCUT2D eigenvalue weighted by Gasteiger charge is -2.04. The first-order chi connectivity index (χ1) is 5.29. The van der Waals surface area contributed by atoms with Crippen molar-refractivity contribution in [3.8, 4) is 0 Å². The van der Waals surface area contributed by atoms with Gasteiger partial charge in [-0.05, 0) is 18.4 Å². The highest BCUT2D eigenvalue weighted by Gasteiger charge is 1.95. The summed E-state index contributed by atoms with van der Waals surface area (Å²) in [7, 11) is 0. The molecule has 1 unspecified atom stereocenters. The Bertz CT molecular complexity index is 189. The molecule has 0 amide bonds. The SMILES string of the molecule is CC(O)CNCc1cccs1.Cl. The Kier molecular flexibility index (Phi) is 6.38. The summed E-state index contributed by atoms with van der Waals surface area (Å²) < 4.78 is 0. The molecule has 70 valence electrons. The van der Waals surface area contributed by atoms with Crippen LogP contribution in [-0.2, 0) is 6.54 Å². The van der Waals surface area contributed by atoms with Crippen LogP contribution in [0.2, 0.25) is 0 Å². The minimum absolute atomic E-state index is 0. The van der Waals surface area contributed by atoms with Crippen LogP contribution in [-0.4, -0.2) is 17.8 Å². The lowest BCUT2D eigenvalue weighted by Crippen LogP contribution is -2.23. The molecule has 0 bridgehead atoms. The summed E-state index contributed by atoms with van der Waals surface area (Å²) in [5, 5.41) is 14.1. The van der Waals surface area contributed by atoms with Gasteiger partial charge in [-0.15, -0.1) is 23.7 Å². The van der Waals surface area contributed by atoms with Crippen LogP contribution in [0, 0.1) is 0 Å². The summed E-state index contributed by atoms with van der Waals surface area (Å²) >= 11 is 1.73. The van der Waals surface area contributed by atoms with Crippen LogP contribution in [0.15, 0.2) is 17.5 Å². The number of hydrogen-bond donors (Lipinski definition) is 2.